The minimum Gasteiger partial charge on any atom is -0.481 e. The molecule has 0 spiro atoms. The Morgan fingerprint density at radius 1 is 1.23 bits per heavy atom. The van der Waals surface area contributed by atoms with E-state index in [0.717, 1.165) is 30.1 Å². The summed E-state index contributed by atoms with van der Waals surface area (Å²) in [5.74, 6) is 0.814. The second-order valence-electron chi connectivity index (χ2n) is 6.77. The standard InChI is InChI=1S/C21H26N2O2S/c1-3-16(11-20(24)25)23-18-9-5-4-8-17(18)22-12-15-13-26-19-10-6-7-14(2)21(15)19/h4-10,15-16,22-23H,3,11-13H2,1-2H3,(H,24,25). The van der Waals surface area contributed by atoms with Gasteiger partial charge in [0, 0.05) is 29.2 Å². The first-order chi connectivity index (χ1) is 12.6. The van der Waals surface area contributed by atoms with Gasteiger partial charge in [-0.25, -0.2) is 0 Å². The van der Waals surface area contributed by atoms with Gasteiger partial charge in [0.05, 0.1) is 17.8 Å². The predicted octanol–water partition coefficient (Wildman–Crippen LogP) is 4.96. The van der Waals surface area contributed by atoms with Crippen LogP contribution in [0.15, 0.2) is 47.4 Å². The highest BCUT2D eigenvalue weighted by atomic mass is 32.2. The van der Waals surface area contributed by atoms with Gasteiger partial charge >= 0.3 is 5.97 Å². The van der Waals surface area contributed by atoms with Crippen LogP contribution in [-0.4, -0.2) is 29.4 Å². The van der Waals surface area contributed by atoms with Gasteiger partial charge < -0.3 is 15.7 Å². The first kappa shape index (κ1) is 18.6. The topological polar surface area (TPSA) is 61.4 Å². The van der Waals surface area contributed by atoms with Crippen LogP contribution in [0.2, 0.25) is 0 Å². The molecule has 3 N–H and O–H groups in total. The molecule has 2 aromatic rings. The molecule has 138 valence electrons. The molecule has 2 aromatic carbocycles. The lowest BCUT2D eigenvalue weighted by Gasteiger charge is -2.21. The highest BCUT2D eigenvalue weighted by molar-refractivity contribution is 7.99. The van der Waals surface area contributed by atoms with Crippen molar-refractivity contribution in [2.75, 3.05) is 22.9 Å². The maximum Gasteiger partial charge on any atom is 0.305 e. The smallest absolute Gasteiger partial charge is 0.305 e. The van der Waals surface area contributed by atoms with E-state index < -0.39 is 5.97 Å². The van der Waals surface area contributed by atoms with Crippen molar-refractivity contribution in [3.05, 3.63) is 53.6 Å². The maximum atomic E-state index is 11.0. The Morgan fingerprint density at radius 3 is 2.73 bits per heavy atom. The van der Waals surface area contributed by atoms with Crippen molar-refractivity contribution in [3.8, 4) is 0 Å². The van der Waals surface area contributed by atoms with E-state index in [0.29, 0.717) is 5.92 Å². The van der Waals surface area contributed by atoms with Gasteiger partial charge in [-0.15, -0.1) is 11.8 Å². The van der Waals surface area contributed by atoms with Crippen LogP contribution in [0.1, 0.15) is 36.8 Å². The van der Waals surface area contributed by atoms with E-state index in [1.165, 1.54) is 16.0 Å². The number of rotatable bonds is 8. The molecule has 0 saturated carbocycles. The molecule has 0 saturated heterocycles. The number of benzene rings is 2. The summed E-state index contributed by atoms with van der Waals surface area (Å²) in [6, 6.07) is 14.5. The molecular weight excluding hydrogens is 344 g/mol. The van der Waals surface area contributed by atoms with Crippen molar-refractivity contribution in [2.45, 2.75) is 43.5 Å². The Bertz CT molecular complexity index is 778. The minimum absolute atomic E-state index is 0.0690. The molecule has 1 aliphatic heterocycles. The molecule has 0 aliphatic carbocycles. The van der Waals surface area contributed by atoms with E-state index in [9.17, 15) is 4.79 Å². The number of carboxylic acids is 1. The summed E-state index contributed by atoms with van der Waals surface area (Å²) in [5.41, 5.74) is 4.82. The number of anilines is 2. The monoisotopic (exact) mass is 370 g/mol. The normalized spacial score (nSPS) is 16.8. The minimum atomic E-state index is -0.773. The van der Waals surface area contributed by atoms with Gasteiger partial charge in [-0.2, -0.15) is 0 Å². The Balaban J connectivity index is 1.69. The zero-order valence-corrected chi connectivity index (χ0v) is 16.1. The van der Waals surface area contributed by atoms with Crippen molar-refractivity contribution in [3.63, 3.8) is 0 Å². The fourth-order valence-corrected chi connectivity index (χ4v) is 4.79. The molecule has 0 amide bonds. The second-order valence-corrected chi connectivity index (χ2v) is 7.83. The van der Waals surface area contributed by atoms with Crippen LogP contribution >= 0.6 is 11.8 Å². The number of carbonyl (C=O) groups is 1. The van der Waals surface area contributed by atoms with Crippen LogP contribution in [0.25, 0.3) is 0 Å². The number of aliphatic carboxylic acids is 1. The Kier molecular flexibility index (Phi) is 6.09. The number of thioether (sulfide) groups is 1. The first-order valence-electron chi connectivity index (χ1n) is 9.12. The molecule has 3 rings (SSSR count). The maximum absolute atomic E-state index is 11.0. The molecule has 0 aromatic heterocycles. The van der Waals surface area contributed by atoms with Crippen LogP contribution in [0.4, 0.5) is 11.4 Å². The third-order valence-corrected chi connectivity index (χ3v) is 6.11. The van der Waals surface area contributed by atoms with Crippen molar-refractivity contribution in [1.29, 1.82) is 0 Å². The van der Waals surface area contributed by atoms with Gasteiger partial charge in [0.15, 0.2) is 0 Å². The van der Waals surface area contributed by atoms with E-state index in [2.05, 4.69) is 41.8 Å². The molecule has 2 atom stereocenters. The number of para-hydroxylation sites is 2. The van der Waals surface area contributed by atoms with Gasteiger partial charge in [0.1, 0.15) is 0 Å². The number of aryl methyl sites for hydroxylation is 1. The lowest BCUT2D eigenvalue weighted by molar-refractivity contribution is -0.137. The van der Waals surface area contributed by atoms with E-state index in [1.54, 1.807) is 0 Å². The average Bonchev–Trinajstić information content (AvgIpc) is 3.04. The molecule has 0 fully saturated rings. The summed E-state index contributed by atoms with van der Waals surface area (Å²) >= 11 is 1.93. The fourth-order valence-electron chi connectivity index (χ4n) is 3.46. The predicted molar refractivity (Wildman–Crippen MR) is 110 cm³/mol. The van der Waals surface area contributed by atoms with Crippen LogP contribution < -0.4 is 10.6 Å². The lowest BCUT2D eigenvalue weighted by atomic mass is 9.96. The lowest BCUT2D eigenvalue weighted by Crippen LogP contribution is -2.23. The SMILES string of the molecule is CCC(CC(=O)O)Nc1ccccc1NCC1CSc2cccc(C)c21. The molecule has 1 aliphatic rings. The third-order valence-electron chi connectivity index (χ3n) is 4.87. The van der Waals surface area contributed by atoms with E-state index in [4.69, 9.17) is 5.11 Å². The van der Waals surface area contributed by atoms with Gasteiger partial charge in [0.25, 0.3) is 0 Å². The van der Waals surface area contributed by atoms with Gasteiger partial charge in [0.2, 0.25) is 0 Å². The first-order valence-corrected chi connectivity index (χ1v) is 10.1. The van der Waals surface area contributed by atoms with Crippen LogP contribution in [-0.2, 0) is 4.79 Å². The quantitative estimate of drug-likeness (QED) is 0.613. The molecule has 1 heterocycles. The number of hydrogen-bond acceptors (Lipinski definition) is 4. The van der Waals surface area contributed by atoms with Crippen LogP contribution in [0.3, 0.4) is 0 Å². The van der Waals surface area contributed by atoms with Gasteiger partial charge in [-0.3, -0.25) is 4.79 Å². The summed E-state index contributed by atoms with van der Waals surface area (Å²) in [7, 11) is 0. The Morgan fingerprint density at radius 2 is 2.00 bits per heavy atom. The van der Waals surface area contributed by atoms with Crippen molar-refractivity contribution in [1.82, 2.24) is 0 Å². The van der Waals surface area contributed by atoms with Crippen molar-refractivity contribution in [2.24, 2.45) is 0 Å². The fraction of sp³-hybridized carbons (Fsp3) is 0.381. The summed E-state index contributed by atoms with van der Waals surface area (Å²) in [4.78, 5) is 12.4. The van der Waals surface area contributed by atoms with Crippen LogP contribution in [0.5, 0.6) is 0 Å². The third kappa shape index (κ3) is 4.33. The van der Waals surface area contributed by atoms with E-state index in [-0.39, 0.29) is 12.5 Å². The molecule has 4 nitrogen and oxygen atoms in total. The highest BCUT2D eigenvalue weighted by Crippen LogP contribution is 2.41. The second kappa shape index (κ2) is 8.49. The molecule has 5 heteroatoms. The highest BCUT2D eigenvalue weighted by Gasteiger charge is 2.24. The molecule has 26 heavy (non-hydrogen) atoms. The number of nitrogens with one attached hydrogen (secondary N) is 2. The summed E-state index contributed by atoms with van der Waals surface area (Å²) in [6.07, 6.45) is 0.892. The largest absolute Gasteiger partial charge is 0.481 e. The zero-order chi connectivity index (χ0) is 18.5. The number of hydrogen-bond donors (Lipinski definition) is 3. The zero-order valence-electron chi connectivity index (χ0n) is 15.3. The van der Waals surface area contributed by atoms with Crippen molar-refractivity contribution >= 4 is 29.1 Å². The van der Waals surface area contributed by atoms with E-state index in [1.807, 2.05) is 36.9 Å². The Labute approximate surface area is 159 Å². The summed E-state index contributed by atoms with van der Waals surface area (Å²) in [6.45, 7) is 5.07. The molecule has 2 unspecified atom stereocenters. The van der Waals surface area contributed by atoms with Crippen LogP contribution in [0, 0.1) is 6.92 Å². The van der Waals surface area contributed by atoms with E-state index >= 15 is 0 Å². The summed E-state index contributed by atoms with van der Waals surface area (Å²) in [5, 5.41) is 16.0. The molecule has 0 bridgehead atoms. The van der Waals surface area contributed by atoms with Gasteiger partial charge in [-0.1, -0.05) is 31.2 Å². The average molecular weight is 371 g/mol. The van der Waals surface area contributed by atoms with Crippen molar-refractivity contribution < 1.29 is 9.90 Å². The number of fused-ring (bicyclic) bond motifs is 1. The summed E-state index contributed by atoms with van der Waals surface area (Å²) < 4.78 is 0. The number of carboxylic acid groups (broad SMARTS) is 1. The molecular formula is C21H26N2O2S. The Hall–Kier alpha value is -2.14. The molecule has 0 radical (unpaired) electrons. The van der Waals surface area contributed by atoms with Gasteiger partial charge in [-0.05, 0) is 42.7 Å².